The molecule has 0 bridgehead atoms. The second-order valence-electron chi connectivity index (χ2n) is 3.01. The van der Waals surface area contributed by atoms with E-state index in [0.717, 1.165) is 23.7 Å². The highest BCUT2D eigenvalue weighted by Crippen LogP contribution is 2.15. The summed E-state index contributed by atoms with van der Waals surface area (Å²) in [5, 5.41) is 3.01. The zero-order valence-corrected chi connectivity index (χ0v) is 8.93. The summed E-state index contributed by atoms with van der Waals surface area (Å²) in [6.45, 7) is 5.44. The second kappa shape index (κ2) is 5.32. The van der Waals surface area contributed by atoms with Crippen LogP contribution in [-0.2, 0) is 11.3 Å². The van der Waals surface area contributed by atoms with Gasteiger partial charge in [0.05, 0.1) is 12.3 Å². The average Bonchev–Trinajstić information content (AvgIpc) is 2.53. The minimum Gasteiger partial charge on any atom is -0.374 e. The van der Waals surface area contributed by atoms with Gasteiger partial charge in [-0.25, -0.2) is 4.98 Å². The van der Waals surface area contributed by atoms with E-state index in [0.29, 0.717) is 6.61 Å². The highest BCUT2D eigenvalue weighted by molar-refractivity contribution is 7.09. The van der Waals surface area contributed by atoms with Gasteiger partial charge in [-0.3, -0.25) is 0 Å². The molecule has 0 fully saturated rings. The van der Waals surface area contributed by atoms with Gasteiger partial charge in [-0.05, 0) is 13.3 Å². The summed E-state index contributed by atoms with van der Waals surface area (Å²) in [5.41, 5.74) is 6.64. The monoisotopic (exact) mass is 200 g/mol. The van der Waals surface area contributed by atoms with Crippen LogP contribution in [0, 0.1) is 0 Å². The molecule has 1 aromatic rings. The first kappa shape index (κ1) is 10.6. The first-order valence-corrected chi connectivity index (χ1v) is 5.39. The summed E-state index contributed by atoms with van der Waals surface area (Å²) in [5.74, 6) is 0. The fourth-order valence-electron chi connectivity index (χ4n) is 0.904. The Labute approximate surface area is 82.9 Å². The molecule has 0 aliphatic rings. The van der Waals surface area contributed by atoms with Crippen molar-refractivity contribution in [1.82, 2.24) is 4.98 Å². The van der Waals surface area contributed by atoms with E-state index in [-0.39, 0.29) is 6.04 Å². The quantitative estimate of drug-likeness (QED) is 0.740. The predicted octanol–water partition coefficient (Wildman–Crippen LogP) is 2.09. The lowest BCUT2D eigenvalue weighted by molar-refractivity contribution is 0.121. The summed E-state index contributed by atoms with van der Waals surface area (Å²) in [4.78, 5) is 4.35. The Balaban J connectivity index is 2.40. The number of thiazole rings is 1. The Hall–Kier alpha value is -0.450. The molecule has 0 spiro atoms. The highest BCUT2D eigenvalue weighted by atomic mass is 32.1. The summed E-state index contributed by atoms with van der Waals surface area (Å²) >= 11 is 1.61. The molecule has 1 aromatic heterocycles. The third-order valence-electron chi connectivity index (χ3n) is 1.61. The Morgan fingerprint density at radius 2 is 2.46 bits per heavy atom. The topological polar surface area (TPSA) is 48.1 Å². The molecule has 0 saturated carbocycles. The maximum absolute atomic E-state index is 5.69. The molecule has 0 amide bonds. The molecule has 0 aliphatic carbocycles. The minimum atomic E-state index is 0.0242. The molecular formula is C9H16N2OS. The van der Waals surface area contributed by atoms with E-state index in [9.17, 15) is 0 Å². The van der Waals surface area contributed by atoms with Crippen molar-refractivity contribution in [3.63, 3.8) is 0 Å². The van der Waals surface area contributed by atoms with Crippen LogP contribution in [0.1, 0.15) is 37.0 Å². The van der Waals surface area contributed by atoms with Crippen LogP contribution in [-0.4, -0.2) is 11.6 Å². The highest BCUT2D eigenvalue weighted by Gasteiger charge is 2.05. The van der Waals surface area contributed by atoms with Crippen molar-refractivity contribution in [2.45, 2.75) is 32.9 Å². The van der Waals surface area contributed by atoms with Gasteiger partial charge in [0.1, 0.15) is 5.01 Å². The number of hydrogen-bond donors (Lipinski definition) is 1. The largest absolute Gasteiger partial charge is 0.374 e. The van der Waals surface area contributed by atoms with Crippen LogP contribution in [0.3, 0.4) is 0 Å². The minimum absolute atomic E-state index is 0.0242. The van der Waals surface area contributed by atoms with Gasteiger partial charge >= 0.3 is 0 Å². The van der Waals surface area contributed by atoms with Crippen molar-refractivity contribution in [3.05, 3.63) is 16.1 Å². The van der Waals surface area contributed by atoms with E-state index < -0.39 is 0 Å². The molecule has 0 aromatic carbocycles. The van der Waals surface area contributed by atoms with Gasteiger partial charge in [0.15, 0.2) is 0 Å². The van der Waals surface area contributed by atoms with Gasteiger partial charge in [0, 0.05) is 18.0 Å². The Morgan fingerprint density at radius 3 is 3.00 bits per heavy atom. The van der Waals surface area contributed by atoms with Gasteiger partial charge in [-0.15, -0.1) is 11.3 Å². The molecule has 3 nitrogen and oxygen atoms in total. The normalized spacial score (nSPS) is 13.2. The molecular weight excluding hydrogens is 184 g/mol. The van der Waals surface area contributed by atoms with E-state index >= 15 is 0 Å². The first-order valence-electron chi connectivity index (χ1n) is 4.51. The number of ether oxygens (including phenoxy) is 1. The number of rotatable bonds is 5. The molecule has 1 rings (SSSR count). The van der Waals surface area contributed by atoms with Gasteiger partial charge in [-0.1, -0.05) is 6.92 Å². The molecule has 0 saturated heterocycles. The summed E-state index contributed by atoms with van der Waals surface area (Å²) in [6.07, 6.45) is 1.05. The van der Waals surface area contributed by atoms with Crippen LogP contribution >= 0.6 is 11.3 Å². The van der Waals surface area contributed by atoms with Gasteiger partial charge < -0.3 is 10.5 Å². The molecule has 1 unspecified atom stereocenters. The SMILES string of the molecule is CCCOCc1nc(C(C)N)cs1. The fraction of sp³-hybridized carbons (Fsp3) is 0.667. The van der Waals surface area contributed by atoms with Crippen molar-refractivity contribution >= 4 is 11.3 Å². The van der Waals surface area contributed by atoms with Crippen molar-refractivity contribution < 1.29 is 4.74 Å². The van der Waals surface area contributed by atoms with Gasteiger partial charge in [0.2, 0.25) is 0 Å². The Kier molecular flexibility index (Phi) is 4.35. The average molecular weight is 200 g/mol. The lowest BCUT2D eigenvalue weighted by Crippen LogP contribution is -2.05. The molecule has 4 heteroatoms. The Morgan fingerprint density at radius 1 is 1.69 bits per heavy atom. The zero-order valence-electron chi connectivity index (χ0n) is 8.12. The summed E-state index contributed by atoms with van der Waals surface area (Å²) in [6, 6.07) is 0.0242. The van der Waals surface area contributed by atoms with Crippen LogP contribution in [0.5, 0.6) is 0 Å². The van der Waals surface area contributed by atoms with Crippen LogP contribution in [0.25, 0.3) is 0 Å². The van der Waals surface area contributed by atoms with Crippen LogP contribution in [0.2, 0.25) is 0 Å². The maximum atomic E-state index is 5.69. The lowest BCUT2D eigenvalue weighted by Gasteiger charge is -1.99. The molecule has 74 valence electrons. The van der Waals surface area contributed by atoms with E-state index in [4.69, 9.17) is 10.5 Å². The van der Waals surface area contributed by atoms with Crippen LogP contribution < -0.4 is 5.73 Å². The van der Waals surface area contributed by atoms with Gasteiger partial charge in [-0.2, -0.15) is 0 Å². The molecule has 0 radical (unpaired) electrons. The number of nitrogens with zero attached hydrogens (tertiary/aromatic N) is 1. The molecule has 1 heterocycles. The third-order valence-corrected chi connectivity index (χ3v) is 2.45. The Bertz CT molecular complexity index is 248. The number of hydrogen-bond acceptors (Lipinski definition) is 4. The van der Waals surface area contributed by atoms with E-state index in [1.807, 2.05) is 12.3 Å². The maximum Gasteiger partial charge on any atom is 0.119 e. The molecule has 13 heavy (non-hydrogen) atoms. The van der Waals surface area contributed by atoms with E-state index in [1.54, 1.807) is 11.3 Å². The molecule has 0 aliphatic heterocycles. The predicted molar refractivity (Wildman–Crippen MR) is 54.7 cm³/mol. The number of aromatic nitrogens is 1. The standard InChI is InChI=1S/C9H16N2OS/c1-3-4-12-5-9-11-8(6-13-9)7(2)10/h6-7H,3-5,10H2,1-2H3. The van der Waals surface area contributed by atoms with Crippen LogP contribution in [0.4, 0.5) is 0 Å². The summed E-state index contributed by atoms with van der Waals surface area (Å²) in [7, 11) is 0. The van der Waals surface area contributed by atoms with Crippen molar-refractivity contribution in [3.8, 4) is 0 Å². The van der Waals surface area contributed by atoms with E-state index in [1.165, 1.54) is 0 Å². The van der Waals surface area contributed by atoms with Crippen molar-refractivity contribution in [2.24, 2.45) is 5.73 Å². The third kappa shape index (κ3) is 3.42. The molecule has 1 atom stereocenters. The van der Waals surface area contributed by atoms with Crippen molar-refractivity contribution in [1.29, 1.82) is 0 Å². The summed E-state index contributed by atoms with van der Waals surface area (Å²) < 4.78 is 5.37. The van der Waals surface area contributed by atoms with Gasteiger partial charge in [0.25, 0.3) is 0 Å². The number of nitrogens with two attached hydrogens (primary N) is 1. The zero-order chi connectivity index (χ0) is 9.68. The smallest absolute Gasteiger partial charge is 0.119 e. The molecule has 2 N–H and O–H groups in total. The van der Waals surface area contributed by atoms with Crippen molar-refractivity contribution in [2.75, 3.05) is 6.61 Å². The van der Waals surface area contributed by atoms with Crippen LogP contribution in [0.15, 0.2) is 5.38 Å². The van der Waals surface area contributed by atoms with E-state index in [2.05, 4.69) is 11.9 Å². The second-order valence-corrected chi connectivity index (χ2v) is 3.95. The fourth-order valence-corrected chi connectivity index (χ4v) is 1.74. The lowest BCUT2D eigenvalue weighted by atomic mass is 10.3. The first-order chi connectivity index (χ1) is 6.24.